The van der Waals surface area contributed by atoms with Crippen LogP contribution in [0.2, 0.25) is 0 Å². The molecule has 1 saturated carbocycles. The van der Waals surface area contributed by atoms with Gasteiger partial charge in [0.25, 0.3) is 0 Å². The number of aryl methyl sites for hydroxylation is 1. The molecule has 0 aromatic heterocycles. The minimum Gasteiger partial charge on any atom is -0.468 e. The summed E-state index contributed by atoms with van der Waals surface area (Å²) in [6.45, 7) is 6.27. The number of benzene rings is 1. The number of hydrogen-bond donors (Lipinski definition) is 0. The van der Waals surface area contributed by atoms with Gasteiger partial charge in [-0.05, 0) is 42.0 Å². The Morgan fingerprint density at radius 2 is 2.00 bits per heavy atom. The average Bonchev–Trinajstić information content (AvgIpc) is 2.85. The lowest BCUT2D eigenvalue weighted by Crippen LogP contribution is -2.28. The molecule has 0 amide bonds. The van der Waals surface area contributed by atoms with Crippen LogP contribution >= 0.6 is 15.9 Å². The fourth-order valence-corrected chi connectivity index (χ4v) is 3.13. The number of rotatable bonds is 2. The maximum Gasteiger partial charge on any atom is 0.316 e. The summed E-state index contributed by atoms with van der Waals surface area (Å²) in [7, 11) is 1.46. The Morgan fingerprint density at radius 1 is 1.41 bits per heavy atom. The number of carbonyl (C=O) groups excluding carboxylic acids is 1. The Hall–Kier alpha value is -0.830. The smallest absolute Gasteiger partial charge is 0.316 e. The summed E-state index contributed by atoms with van der Waals surface area (Å²) in [4.78, 5) is 12.1. The van der Waals surface area contributed by atoms with Crippen molar-refractivity contribution in [1.82, 2.24) is 0 Å². The Kier molecular flexibility index (Phi) is 2.85. The minimum atomic E-state index is -0.463. The van der Waals surface area contributed by atoms with Gasteiger partial charge < -0.3 is 4.74 Å². The fourth-order valence-electron chi connectivity index (χ4n) is 2.77. The number of esters is 1. The van der Waals surface area contributed by atoms with E-state index in [2.05, 4.69) is 29.8 Å². The van der Waals surface area contributed by atoms with Gasteiger partial charge in [0.05, 0.1) is 12.5 Å². The van der Waals surface area contributed by atoms with Gasteiger partial charge in [0.2, 0.25) is 0 Å². The van der Waals surface area contributed by atoms with E-state index < -0.39 is 5.41 Å². The van der Waals surface area contributed by atoms with E-state index in [1.54, 1.807) is 0 Å². The molecule has 1 unspecified atom stereocenters. The number of hydrogen-bond acceptors (Lipinski definition) is 2. The molecule has 0 saturated heterocycles. The summed E-state index contributed by atoms with van der Waals surface area (Å²) in [6.07, 6.45) is 0.851. The van der Waals surface area contributed by atoms with Crippen LogP contribution in [0.25, 0.3) is 0 Å². The van der Waals surface area contributed by atoms with Crippen LogP contribution in [0.4, 0.5) is 0 Å². The summed E-state index contributed by atoms with van der Waals surface area (Å²) >= 11 is 3.47. The number of ether oxygens (including phenoxy) is 1. The van der Waals surface area contributed by atoms with Crippen molar-refractivity contribution in [1.29, 1.82) is 0 Å². The van der Waals surface area contributed by atoms with Crippen LogP contribution in [0.5, 0.6) is 0 Å². The summed E-state index contributed by atoms with van der Waals surface area (Å²) in [5.41, 5.74) is 1.74. The summed E-state index contributed by atoms with van der Waals surface area (Å²) in [6, 6.07) is 6.08. The molecule has 17 heavy (non-hydrogen) atoms. The lowest BCUT2D eigenvalue weighted by molar-refractivity contribution is -0.144. The molecule has 92 valence electrons. The first-order chi connectivity index (χ1) is 7.85. The number of carbonyl (C=O) groups is 1. The molecule has 1 aromatic rings. The minimum absolute atomic E-state index is 0.0222. The van der Waals surface area contributed by atoms with E-state index in [-0.39, 0.29) is 11.4 Å². The molecule has 0 bridgehead atoms. The van der Waals surface area contributed by atoms with Gasteiger partial charge in [-0.2, -0.15) is 0 Å². The maximum absolute atomic E-state index is 12.1. The van der Waals surface area contributed by atoms with E-state index in [0.29, 0.717) is 0 Å². The van der Waals surface area contributed by atoms with Crippen molar-refractivity contribution in [3.63, 3.8) is 0 Å². The quantitative estimate of drug-likeness (QED) is 0.780. The van der Waals surface area contributed by atoms with Gasteiger partial charge in [0, 0.05) is 4.47 Å². The van der Waals surface area contributed by atoms with E-state index in [1.165, 1.54) is 7.11 Å². The highest BCUT2D eigenvalue weighted by atomic mass is 79.9. The van der Waals surface area contributed by atoms with Crippen molar-refractivity contribution in [2.45, 2.75) is 32.6 Å². The molecule has 2 nitrogen and oxygen atoms in total. The lowest BCUT2D eigenvalue weighted by atomic mass is 9.85. The van der Waals surface area contributed by atoms with E-state index in [0.717, 1.165) is 22.0 Å². The van der Waals surface area contributed by atoms with Crippen molar-refractivity contribution >= 4 is 21.9 Å². The van der Waals surface area contributed by atoms with Crippen LogP contribution in [0.1, 0.15) is 31.4 Å². The predicted octanol–water partition coefficient (Wildman–Crippen LogP) is 3.60. The SMILES string of the molecule is COC(=O)C1(c2cc(Br)ccc2C)CC1(C)C. The third-order valence-electron chi connectivity index (χ3n) is 3.93. The van der Waals surface area contributed by atoms with E-state index >= 15 is 0 Å². The van der Waals surface area contributed by atoms with Crippen LogP contribution in [0.3, 0.4) is 0 Å². The molecule has 0 radical (unpaired) electrons. The molecule has 1 aliphatic rings. The second-order valence-electron chi connectivity index (χ2n) is 5.42. The van der Waals surface area contributed by atoms with Crippen molar-refractivity contribution in [2.75, 3.05) is 7.11 Å². The topological polar surface area (TPSA) is 26.3 Å². The number of halogens is 1. The second-order valence-corrected chi connectivity index (χ2v) is 6.33. The van der Waals surface area contributed by atoms with Gasteiger partial charge >= 0.3 is 5.97 Å². The molecule has 0 aliphatic heterocycles. The van der Waals surface area contributed by atoms with Crippen LogP contribution in [-0.2, 0) is 14.9 Å². The first-order valence-electron chi connectivity index (χ1n) is 5.70. The normalized spacial score (nSPS) is 25.5. The van der Waals surface area contributed by atoms with Crippen LogP contribution < -0.4 is 0 Å². The van der Waals surface area contributed by atoms with E-state index in [1.807, 2.05) is 25.1 Å². The van der Waals surface area contributed by atoms with E-state index in [9.17, 15) is 4.79 Å². The monoisotopic (exact) mass is 296 g/mol. The molecular weight excluding hydrogens is 280 g/mol. The molecule has 1 atom stereocenters. The summed E-state index contributed by atoms with van der Waals surface area (Å²) in [5.74, 6) is -0.122. The Balaban J connectivity index is 2.57. The van der Waals surface area contributed by atoms with Crippen molar-refractivity contribution in [2.24, 2.45) is 5.41 Å². The predicted molar refractivity (Wildman–Crippen MR) is 71.0 cm³/mol. The highest BCUT2D eigenvalue weighted by molar-refractivity contribution is 9.10. The highest BCUT2D eigenvalue weighted by Gasteiger charge is 2.68. The van der Waals surface area contributed by atoms with Crippen LogP contribution in [-0.4, -0.2) is 13.1 Å². The van der Waals surface area contributed by atoms with Crippen molar-refractivity contribution in [3.05, 3.63) is 33.8 Å². The molecule has 3 heteroatoms. The Bertz CT molecular complexity index is 479. The summed E-state index contributed by atoms with van der Waals surface area (Å²) < 4.78 is 6.01. The molecule has 1 aliphatic carbocycles. The molecule has 0 spiro atoms. The molecule has 0 heterocycles. The van der Waals surface area contributed by atoms with Crippen LogP contribution in [0, 0.1) is 12.3 Å². The standard InChI is InChI=1S/C14H17BrO2/c1-9-5-6-10(15)7-11(9)14(12(16)17-4)8-13(14,2)3/h5-7H,8H2,1-4H3. The highest BCUT2D eigenvalue weighted by Crippen LogP contribution is 2.65. The van der Waals surface area contributed by atoms with Crippen molar-refractivity contribution in [3.8, 4) is 0 Å². The zero-order valence-electron chi connectivity index (χ0n) is 10.6. The van der Waals surface area contributed by atoms with E-state index in [4.69, 9.17) is 4.74 Å². The average molecular weight is 297 g/mol. The zero-order valence-corrected chi connectivity index (χ0v) is 12.2. The molecule has 1 aromatic carbocycles. The fraction of sp³-hybridized carbons (Fsp3) is 0.500. The zero-order chi connectivity index (χ0) is 12.8. The van der Waals surface area contributed by atoms with Gasteiger partial charge in [-0.15, -0.1) is 0 Å². The third kappa shape index (κ3) is 1.71. The van der Waals surface area contributed by atoms with Gasteiger partial charge in [0.1, 0.15) is 0 Å². The maximum atomic E-state index is 12.1. The Morgan fingerprint density at radius 3 is 2.47 bits per heavy atom. The first kappa shape index (κ1) is 12.6. The van der Waals surface area contributed by atoms with Gasteiger partial charge in [-0.3, -0.25) is 4.79 Å². The van der Waals surface area contributed by atoms with Gasteiger partial charge in [-0.25, -0.2) is 0 Å². The van der Waals surface area contributed by atoms with Crippen LogP contribution in [0.15, 0.2) is 22.7 Å². The molecular formula is C14H17BrO2. The van der Waals surface area contributed by atoms with Gasteiger partial charge in [-0.1, -0.05) is 35.8 Å². The van der Waals surface area contributed by atoms with Crippen molar-refractivity contribution < 1.29 is 9.53 Å². The Labute approximate surface area is 110 Å². The third-order valence-corrected chi connectivity index (χ3v) is 4.42. The number of methoxy groups -OCH3 is 1. The van der Waals surface area contributed by atoms with Gasteiger partial charge in [0.15, 0.2) is 0 Å². The molecule has 2 rings (SSSR count). The first-order valence-corrected chi connectivity index (χ1v) is 6.49. The largest absolute Gasteiger partial charge is 0.468 e. The second kappa shape index (κ2) is 3.84. The molecule has 1 fully saturated rings. The lowest BCUT2D eigenvalue weighted by Gasteiger charge is -2.20. The molecule has 0 N–H and O–H groups in total. The summed E-state index contributed by atoms with van der Waals surface area (Å²) in [5, 5.41) is 0.